The molecule has 0 aromatic rings. The van der Waals surface area contributed by atoms with Crippen molar-refractivity contribution in [3.63, 3.8) is 0 Å². The Morgan fingerprint density at radius 1 is 1.25 bits per heavy atom. The lowest BCUT2D eigenvalue weighted by atomic mass is 9.82. The van der Waals surface area contributed by atoms with Crippen LogP contribution in [0.1, 0.15) is 55.4 Å². The van der Waals surface area contributed by atoms with Gasteiger partial charge in [0.05, 0.1) is 12.1 Å². The van der Waals surface area contributed by atoms with Crippen molar-refractivity contribution in [1.29, 1.82) is 0 Å². The molecule has 1 heterocycles. The molecule has 0 aromatic heterocycles. The van der Waals surface area contributed by atoms with E-state index < -0.39 is 11.3 Å². The Bertz CT molecular complexity index is 388. The quantitative estimate of drug-likeness (QED) is 0.684. The molecule has 0 aliphatic carbocycles. The van der Waals surface area contributed by atoms with Gasteiger partial charge in [0.2, 0.25) is 0 Å². The Morgan fingerprint density at radius 3 is 2.10 bits per heavy atom. The maximum atomic E-state index is 12.6. The van der Waals surface area contributed by atoms with Gasteiger partial charge in [0.25, 0.3) is 0 Å². The van der Waals surface area contributed by atoms with E-state index in [1.807, 2.05) is 34.6 Å². The summed E-state index contributed by atoms with van der Waals surface area (Å²) in [6.07, 6.45) is 1.23. The summed E-state index contributed by atoms with van der Waals surface area (Å²) in [5.74, 6) is 0. The summed E-state index contributed by atoms with van der Waals surface area (Å²) in [7, 11) is 0. The first-order valence-corrected chi connectivity index (χ1v) is 7.12. The van der Waals surface area contributed by atoms with Gasteiger partial charge in [-0.15, -0.1) is 6.58 Å². The zero-order valence-corrected chi connectivity index (χ0v) is 14.1. The first kappa shape index (κ1) is 17.0. The van der Waals surface area contributed by atoms with Crippen LogP contribution in [0.25, 0.3) is 0 Å². The first-order chi connectivity index (χ1) is 8.79. The fraction of sp³-hybridized carbons (Fsp3) is 0.812. The van der Waals surface area contributed by atoms with E-state index >= 15 is 0 Å². The summed E-state index contributed by atoms with van der Waals surface area (Å²) in [5.41, 5.74) is -1.37. The number of hydrogen-bond donors (Lipinski definition) is 0. The Balaban J connectivity index is 3.16. The molecule has 1 saturated heterocycles. The smallest absolute Gasteiger partial charge is 0.412 e. The first-order valence-electron chi connectivity index (χ1n) is 7.12. The lowest BCUT2D eigenvalue weighted by Gasteiger charge is -2.40. The van der Waals surface area contributed by atoms with Crippen LogP contribution in [0, 0.1) is 5.41 Å². The van der Waals surface area contributed by atoms with E-state index in [1.54, 1.807) is 11.0 Å². The molecule has 0 aromatic carbocycles. The van der Waals surface area contributed by atoms with Gasteiger partial charge in [-0.2, -0.15) is 0 Å². The topological polar surface area (TPSA) is 38.8 Å². The highest BCUT2D eigenvalue weighted by atomic mass is 16.6. The molecule has 1 rings (SSSR count). The van der Waals surface area contributed by atoms with Crippen LogP contribution >= 0.6 is 0 Å². The average molecular weight is 283 g/mol. The third-order valence-electron chi connectivity index (χ3n) is 3.30. The van der Waals surface area contributed by atoms with Crippen LogP contribution in [0.4, 0.5) is 4.79 Å². The molecule has 4 heteroatoms. The minimum atomic E-state index is -0.709. The number of rotatable bonds is 1. The largest absolute Gasteiger partial charge is 0.444 e. The molecule has 1 aliphatic rings. The van der Waals surface area contributed by atoms with Gasteiger partial charge in [-0.25, -0.2) is 4.79 Å². The summed E-state index contributed by atoms with van der Waals surface area (Å²) in [6.45, 7) is 19.5. The molecule has 1 fully saturated rings. The maximum absolute atomic E-state index is 12.6. The van der Waals surface area contributed by atoms with E-state index in [4.69, 9.17) is 9.47 Å². The van der Waals surface area contributed by atoms with E-state index in [0.29, 0.717) is 0 Å². The SMILES string of the molecule is C=C[C@@H]1OC(C)(C)N(C(=O)OC(C)(C)C)[C@H]1C(C)(C)C. The fourth-order valence-electron chi connectivity index (χ4n) is 2.64. The van der Waals surface area contributed by atoms with Crippen molar-refractivity contribution in [1.82, 2.24) is 4.90 Å². The average Bonchev–Trinajstić information content (AvgIpc) is 2.46. The molecular weight excluding hydrogens is 254 g/mol. The minimum absolute atomic E-state index is 0.107. The molecule has 2 atom stereocenters. The van der Waals surface area contributed by atoms with Crippen LogP contribution in [0.5, 0.6) is 0 Å². The van der Waals surface area contributed by atoms with Crippen molar-refractivity contribution < 1.29 is 14.3 Å². The van der Waals surface area contributed by atoms with E-state index in [1.165, 1.54) is 0 Å². The summed E-state index contributed by atoms with van der Waals surface area (Å²) in [6, 6.07) is -0.107. The van der Waals surface area contributed by atoms with Gasteiger partial charge in [0, 0.05) is 0 Å². The van der Waals surface area contributed by atoms with Gasteiger partial charge in [-0.05, 0) is 40.0 Å². The molecule has 0 N–H and O–H groups in total. The highest BCUT2D eigenvalue weighted by Crippen LogP contribution is 2.41. The maximum Gasteiger partial charge on any atom is 0.412 e. The molecule has 116 valence electrons. The van der Waals surface area contributed by atoms with E-state index in [2.05, 4.69) is 27.4 Å². The summed E-state index contributed by atoms with van der Waals surface area (Å²) in [4.78, 5) is 14.3. The zero-order chi connectivity index (χ0) is 15.9. The second-order valence-corrected chi connectivity index (χ2v) is 7.93. The van der Waals surface area contributed by atoms with Gasteiger partial charge in [-0.3, -0.25) is 4.90 Å². The van der Waals surface area contributed by atoms with Crippen LogP contribution < -0.4 is 0 Å². The van der Waals surface area contributed by atoms with Crippen molar-refractivity contribution in [2.45, 2.75) is 78.9 Å². The second-order valence-electron chi connectivity index (χ2n) is 7.93. The summed E-state index contributed by atoms with van der Waals surface area (Å²) >= 11 is 0. The number of nitrogens with zero attached hydrogens (tertiary/aromatic N) is 1. The molecule has 0 saturated carbocycles. The molecule has 0 radical (unpaired) electrons. The normalized spacial score (nSPS) is 26.5. The lowest BCUT2D eigenvalue weighted by molar-refractivity contribution is -0.0736. The molecule has 1 amide bonds. The number of ether oxygens (including phenoxy) is 2. The number of carbonyl (C=O) groups is 1. The fourth-order valence-corrected chi connectivity index (χ4v) is 2.64. The van der Waals surface area contributed by atoms with Crippen molar-refractivity contribution >= 4 is 6.09 Å². The van der Waals surface area contributed by atoms with Crippen molar-refractivity contribution in [3.05, 3.63) is 12.7 Å². The zero-order valence-electron chi connectivity index (χ0n) is 14.1. The Hall–Kier alpha value is -1.03. The molecule has 0 bridgehead atoms. The van der Waals surface area contributed by atoms with Crippen LogP contribution in [0.3, 0.4) is 0 Å². The summed E-state index contributed by atoms with van der Waals surface area (Å²) < 4.78 is 11.5. The van der Waals surface area contributed by atoms with Gasteiger partial charge < -0.3 is 9.47 Å². The predicted molar refractivity (Wildman–Crippen MR) is 80.5 cm³/mol. The van der Waals surface area contributed by atoms with E-state index in [0.717, 1.165) is 0 Å². The Morgan fingerprint density at radius 2 is 1.75 bits per heavy atom. The van der Waals surface area contributed by atoms with Crippen LogP contribution in [0.15, 0.2) is 12.7 Å². The standard InChI is InChI=1S/C16H29NO3/c1-10-11-12(14(2,3)4)17(16(8,9)19-11)13(18)20-15(5,6)7/h10-12H,1H2,2-9H3/t11-,12+/m0/s1. The third-order valence-corrected chi connectivity index (χ3v) is 3.30. The lowest BCUT2D eigenvalue weighted by Crippen LogP contribution is -2.54. The van der Waals surface area contributed by atoms with E-state index in [9.17, 15) is 4.79 Å². The Labute approximate surface area is 123 Å². The van der Waals surface area contributed by atoms with Crippen molar-refractivity contribution in [2.24, 2.45) is 5.41 Å². The molecular formula is C16H29NO3. The van der Waals surface area contributed by atoms with E-state index in [-0.39, 0.29) is 23.7 Å². The van der Waals surface area contributed by atoms with Gasteiger partial charge in [-0.1, -0.05) is 26.8 Å². The van der Waals surface area contributed by atoms with Gasteiger partial charge in [0.15, 0.2) is 0 Å². The highest BCUT2D eigenvalue weighted by Gasteiger charge is 2.54. The summed E-state index contributed by atoms with van der Waals surface area (Å²) in [5, 5.41) is 0. The number of carbonyl (C=O) groups excluding carboxylic acids is 1. The van der Waals surface area contributed by atoms with Crippen LogP contribution in [-0.4, -0.2) is 34.5 Å². The predicted octanol–water partition coefficient (Wildman–Crippen LogP) is 3.96. The number of amides is 1. The van der Waals surface area contributed by atoms with Crippen molar-refractivity contribution in [2.75, 3.05) is 0 Å². The van der Waals surface area contributed by atoms with Crippen molar-refractivity contribution in [3.8, 4) is 0 Å². The highest BCUT2D eigenvalue weighted by molar-refractivity contribution is 5.70. The van der Waals surface area contributed by atoms with Crippen LogP contribution in [0.2, 0.25) is 0 Å². The van der Waals surface area contributed by atoms with Gasteiger partial charge in [0.1, 0.15) is 11.3 Å². The molecule has 4 nitrogen and oxygen atoms in total. The molecule has 0 spiro atoms. The molecule has 20 heavy (non-hydrogen) atoms. The van der Waals surface area contributed by atoms with Gasteiger partial charge >= 0.3 is 6.09 Å². The third kappa shape index (κ3) is 3.54. The monoisotopic (exact) mass is 283 g/mol. The second kappa shape index (κ2) is 5.06. The Kier molecular flexibility index (Phi) is 4.31. The number of hydrogen-bond acceptors (Lipinski definition) is 3. The molecule has 0 unspecified atom stereocenters. The molecule has 1 aliphatic heterocycles. The minimum Gasteiger partial charge on any atom is -0.444 e. The van der Waals surface area contributed by atoms with Crippen LogP contribution in [-0.2, 0) is 9.47 Å².